The molecule has 0 amide bonds. The Morgan fingerprint density at radius 2 is 2.07 bits per heavy atom. The second kappa shape index (κ2) is 7.79. The van der Waals surface area contributed by atoms with Gasteiger partial charge in [0.05, 0.1) is 0 Å². The minimum Gasteiger partial charge on any atom is -0.397 e. The highest BCUT2D eigenvalue weighted by Crippen LogP contribution is 2.41. The molecule has 0 spiro atoms. The monoisotopic (exact) mass is 433 g/mol. The molecule has 0 saturated carbocycles. The standard InChI is InChI=1S/C21H24ClN3O5/c1-11-4-5-12(10-14(11)22)21(2,28)18-16(26)17(27)20(30-18)25-9-7-13-15(25)6-8-23-19(13)24-29-3/h4-5,7-10,16-18,20,26-28H,6H2,1-3H3/b24-19-/t16-,17+,18-,20+,21+/m0/s1. The molecule has 1 fully saturated rings. The molecule has 3 heterocycles. The third-order valence-electron chi connectivity index (χ3n) is 5.76. The smallest absolute Gasteiger partial charge is 0.200 e. The highest BCUT2D eigenvalue weighted by Gasteiger charge is 2.52. The fourth-order valence-electron chi connectivity index (χ4n) is 4.01. The number of aliphatic hydroxyl groups excluding tert-OH is 2. The number of aliphatic hydroxyl groups is 3. The van der Waals surface area contributed by atoms with Gasteiger partial charge in [-0.1, -0.05) is 28.9 Å². The number of aryl methyl sites for hydroxylation is 1. The van der Waals surface area contributed by atoms with Crippen LogP contribution >= 0.6 is 11.6 Å². The van der Waals surface area contributed by atoms with Gasteiger partial charge in [0.1, 0.15) is 31.0 Å². The van der Waals surface area contributed by atoms with Crippen LogP contribution in [0.2, 0.25) is 5.02 Å². The van der Waals surface area contributed by atoms with Gasteiger partial charge in [0.25, 0.3) is 0 Å². The summed E-state index contributed by atoms with van der Waals surface area (Å²) in [5.41, 5.74) is 1.35. The number of rotatable bonds is 4. The van der Waals surface area contributed by atoms with Crippen LogP contribution in [-0.4, -0.2) is 57.4 Å². The molecule has 2 aromatic rings. The number of ether oxygens (including phenoxy) is 1. The van der Waals surface area contributed by atoms with Crippen LogP contribution in [0.5, 0.6) is 0 Å². The lowest BCUT2D eigenvalue weighted by Crippen LogP contribution is -2.45. The SMILES string of the molecule is CO/N=C1\N=CCc2c1ccn2[C@@H]1O[C@H]([C@](C)(O)c2ccc(C)c(Cl)c2)[C@@H](O)[C@H]1O. The summed E-state index contributed by atoms with van der Waals surface area (Å²) in [5, 5.41) is 37.1. The summed E-state index contributed by atoms with van der Waals surface area (Å²) < 4.78 is 7.77. The van der Waals surface area contributed by atoms with E-state index >= 15 is 0 Å². The molecule has 3 N–H and O–H groups in total. The van der Waals surface area contributed by atoms with Gasteiger partial charge >= 0.3 is 0 Å². The highest BCUT2D eigenvalue weighted by molar-refractivity contribution is 6.31. The lowest BCUT2D eigenvalue weighted by Gasteiger charge is -2.32. The molecule has 160 valence electrons. The maximum absolute atomic E-state index is 11.2. The number of amidine groups is 1. The summed E-state index contributed by atoms with van der Waals surface area (Å²) in [6, 6.07) is 6.98. The molecular weight excluding hydrogens is 410 g/mol. The molecule has 0 radical (unpaired) electrons. The Kier molecular flexibility index (Phi) is 5.46. The van der Waals surface area contributed by atoms with Gasteiger partial charge in [0, 0.05) is 35.1 Å². The largest absolute Gasteiger partial charge is 0.397 e. The topological polar surface area (TPSA) is 109 Å². The van der Waals surface area contributed by atoms with E-state index < -0.39 is 30.1 Å². The van der Waals surface area contributed by atoms with Crippen molar-refractivity contribution in [3.8, 4) is 0 Å². The summed E-state index contributed by atoms with van der Waals surface area (Å²) >= 11 is 6.22. The first-order valence-corrected chi connectivity index (χ1v) is 9.98. The third-order valence-corrected chi connectivity index (χ3v) is 6.17. The van der Waals surface area contributed by atoms with Crippen LogP contribution in [0.25, 0.3) is 0 Å². The van der Waals surface area contributed by atoms with Crippen LogP contribution in [0.15, 0.2) is 40.6 Å². The maximum atomic E-state index is 11.2. The second-order valence-corrected chi connectivity index (χ2v) is 8.14. The number of benzene rings is 1. The first-order valence-electron chi connectivity index (χ1n) is 9.60. The fourth-order valence-corrected chi connectivity index (χ4v) is 4.19. The summed E-state index contributed by atoms with van der Waals surface area (Å²) in [7, 11) is 1.44. The van der Waals surface area contributed by atoms with Crippen molar-refractivity contribution in [1.29, 1.82) is 0 Å². The molecule has 30 heavy (non-hydrogen) atoms. The molecule has 2 aliphatic rings. The second-order valence-electron chi connectivity index (χ2n) is 7.74. The van der Waals surface area contributed by atoms with Crippen molar-refractivity contribution in [2.45, 2.75) is 50.4 Å². The van der Waals surface area contributed by atoms with Crippen molar-refractivity contribution < 1.29 is 24.9 Å². The summed E-state index contributed by atoms with van der Waals surface area (Å²) in [6.45, 7) is 3.40. The number of aliphatic imine (C=N–C) groups is 1. The Balaban J connectivity index is 1.66. The van der Waals surface area contributed by atoms with Crippen molar-refractivity contribution in [2.24, 2.45) is 10.1 Å². The van der Waals surface area contributed by atoms with E-state index in [4.69, 9.17) is 21.2 Å². The van der Waals surface area contributed by atoms with E-state index in [2.05, 4.69) is 10.1 Å². The zero-order chi connectivity index (χ0) is 21.6. The molecule has 0 unspecified atom stereocenters. The number of aromatic nitrogens is 1. The highest BCUT2D eigenvalue weighted by atomic mass is 35.5. The molecule has 9 heteroatoms. The predicted molar refractivity (Wildman–Crippen MR) is 112 cm³/mol. The number of hydrogen-bond acceptors (Lipinski definition) is 6. The summed E-state index contributed by atoms with van der Waals surface area (Å²) in [6.07, 6.45) is -0.591. The van der Waals surface area contributed by atoms with Crippen molar-refractivity contribution in [2.75, 3.05) is 7.11 Å². The van der Waals surface area contributed by atoms with Gasteiger partial charge in [-0.25, -0.2) is 4.99 Å². The van der Waals surface area contributed by atoms with Gasteiger partial charge in [-0.15, -0.1) is 0 Å². The van der Waals surface area contributed by atoms with Crippen molar-refractivity contribution in [3.63, 3.8) is 0 Å². The van der Waals surface area contributed by atoms with E-state index in [0.29, 0.717) is 22.8 Å². The average Bonchev–Trinajstić information content (AvgIpc) is 3.27. The first-order chi connectivity index (χ1) is 14.3. The Labute approximate surface area is 179 Å². The van der Waals surface area contributed by atoms with Gasteiger partial charge in [-0.2, -0.15) is 0 Å². The number of halogens is 1. The Morgan fingerprint density at radius 1 is 1.30 bits per heavy atom. The third kappa shape index (κ3) is 3.34. The van der Waals surface area contributed by atoms with Crippen molar-refractivity contribution in [1.82, 2.24) is 4.57 Å². The van der Waals surface area contributed by atoms with Crippen molar-refractivity contribution in [3.05, 3.63) is 57.9 Å². The van der Waals surface area contributed by atoms with Gasteiger partial charge in [-0.05, 0) is 37.1 Å². The molecule has 2 aliphatic heterocycles. The van der Waals surface area contributed by atoms with E-state index in [1.54, 1.807) is 41.2 Å². The van der Waals surface area contributed by atoms with Gasteiger partial charge < -0.3 is 29.5 Å². The number of fused-ring (bicyclic) bond motifs is 1. The van der Waals surface area contributed by atoms with E-state index in [1.807, 2.05) is 6.92 Å². The van der Waals surface area contributed by atoms with E-state index in [9.17, 15) is 15.3 Å². The average molecular weight is 434 g/mol. The quantitative estimate of drug-likeness (QED) is 0.638. The van der Waals surface area contributed by atoms with Gasteiger partial charge in [0.2, 0.25) is 0 Å². The van der Waals surface area contributed by atoms with E-state index in [0.717, 1.165) is 16.8 Å². The summed E-state index contributed by atoms with van der Waals surface area (Å²) in [4.78, 5) is 9.07. The lowest BCUT2D eigenvalue weighted by atomic mass is 9.86. The summed E-state index contributed by atoms with van der Waals surface area (Å²) in [5.74, 6) is 0.420. The minimum absolute atomic E-state index is 0.420. The lowest BCUT2D eigenvalue weighted by molar-refractivity contribution is -0.136. The number of hydrogen-bond donors (Lipinski definition) is 3. The number of nitrogens with zero attached hydrogens (tertiary/aromatic N) is 3. The Hall–Kier alpha value is -2.23. The van der Waals surface area contributed by atoms with Crippen LogP contribution < -0.4 is 0 Å². The van der Waals surface area contributed by atoms with Crippen LogP contribution in [0.1, 0.15) is 35.5 Å². The van der Waals surface area contributed by atoms with E-state index in [-0.39, 0.29) is 0 Å². The van der Waals surface area contributed by atoms with Gasteiger partial charge in [-0.3, -0.25) is 0 Å². The van der Waals surface area contributed by atoms with E-state index in [1.165, 1.54) is 14.0 Å². The molecule has 5 atom stereocenters. The molecule has 1 aromatic heterocycles. The van der Waals surface area contributed by atoms with Crippen LogP contribution in [0.3, 0.4) is 0 Å². The predicted octanol–water partition coefficient (Wildman–Crippen LogP) is 1.91. The maximum Gasteiger partial charge on any atom is 0.200 e. The molecular formula is C21H24ClN3O5. The first kappa shape index (κ1) is 21.0. The van der Waals surface area contributed by atoms with Gasteiger partial charge in [0.15, 0.2) is 12.1 Å². The number of oxime groups is 1. The van der Waals surface area contributed by atoms with Crippen molar-refractivity contribution >= 4 is 23.7 Å². The molecule has 8 nitrogen and oxygen atoms in total. The molecule has 4 rings (SSSR count). The molecule has 0 aliphatic carbocycles. The van der Waals surface area contributed by atoms with Crippen LogP contribution in [0, 0.1) is 6.92 Å². The zero-order valence-electron chi connectivity index (χ0n) is 16.9. The Bertz CT molecular complexity index is 1020. The Morgan fingerprint density at radius 3 is 2.77 bits per heavy atom. The van der Waals surface area contributed by atoms with Crippen LogP contribution in [0.4, 0.5) is 0 Å². The zero-order valence-corrected chi connectivity index (χ0v) is 17.6. The molecule has 1 saturated heterocycles. The fraction of sp³-hybridized carbons (Fsp3) is 0.429. The molecule has 0 bridgehead atoms. The normalized spacial score (nSPS) is 29.1. The van der Waals surface area contributed by atoms with Crippen LogP contribution in [-0.2, 0) is 21.6 Å². The molecule has 1 aromatic carbocycles. The minimum atomic E-state index is -1.58.